The SMILES string of the molecule is CC(C)c1ccc(NC(=O)/C(C#N)=C\NCCOCCO)cc1. The maximum Gasteiger partial charge on any atom is 0.267 e. The van der Waals surface area contributed by atoms with Gasteiger partial charge < -0.3 is 20.5 Å². The number of amides is 1. The van der Waals surface area contributed by atoms with E-state index in [0.29, 0.717) is 24.8 Å². The van der Waals surface area contributed by atoms with Crippen LogP contribution in [-0.4, -0.2) is 37.4 Å². The van der Waals surface area contributed by atoms with E-state index in [1.165, 1.54) is 11.8 Å². The number of aliphatic hydroxyl groups is 1. The smallest absolute Gasteiger partial charge is 0.267 e. The summed E-state index contributed by atoms with van der Waals surface area (Å²) in [5.41, 5.74) is 1.82. The lowest BCUT2D eigenvalue weighted by atomic mass is 10.0. The maximum absolute atomic E-state index is 12.0. The lowest BCUT2D eigenvalue weighted by Crippen LogP contribution is -2.19. The fourth-order valence-electron chi connectivity index (χ4n) is 1.77. The Morgan fingerprint density at radius 3 is 2.61 bits per heavy atom. The number of ether oxygens (including phenoxy) is 1. The van der Waals surface area contributed by atoms with Crippen molar-refractivity contribution in [3.8, 4) is 6.07 Å². The topological polar surface area (TPSA) is 94.4 Å². The molecule has 1 rings (SSSR count). The van der Waals surface area contributed by atoms with Crippen LogP contribution in [0.4, 0.5) is 5.69 Å². The molecule has 23 heavy (non-hydrogen) atoms. The number of anilines is 1. The number of carbonyl (C=O) groups is 1. The molecule has 0 heterocycles. The average Bonchev–Trinajstić information content (AvgIpc) is 2.54. The van der Waals surface area contributed by atoms with E-state index in [0.717, 1.165) is 0 Å². The lowest BCUT2D eigenvalue weighted by Gasteiger charge is -2.08. The largest absolute Gasteiger partial charge is 0.394 e. The van der Waals surface area contributed by atoms with Crippen LogP contribution in [0, 0.1) is 11.3 Å². The van der Waals surface area contributed by atoms with Gasteiger partial charge in [0.25, 0.3) is 5.91 Å². The summed E-state index contributed by atoms with van der Waals surface area (Å²) in [6, 6.07) is 9.40. The number of hydrogen-bond acceptors (Lipinski definition) is 5. The quantitative estimate of drug-likeness (QED) is 0.366. The van der Waals surface area contributed by atoms with Crippen LogP contribution in [0.15, 0.2) is 36.0 Å². The van der Waals surface area contributed by atoms with Gasteiger partial charge in [-0.05, 0) is 23.6 Å². The third kappa shape index (κ3) is 6.96. The second kappa shape index (κ2) is 10.4. The Labute approximate surface area is 136 Å². The summed E-state index contributed by atoms with van der Waals surface area (Å²) >= 11 is 0. The Morgan fingerprint density at radius 1 is 1.35 bits per heavy atom. The molecule has 3 N–H and O–H groups in total. The molecule has 0 unspecified atom stereocenters. The van der Waals surface area contributed by atoms with Gasteiger partial charge in [-0.15, -0.1) is 0 Å². The minimum absolute atomic E-state index is 0.0138. The number of nitriles is 1. The highest BCUT2D eigenvalue weighted by Gasteiger charge is 2.09. The van der Waals surface area contributed by atoms with Crippen molar-refractivity contribution < 1.29 is 14.6 Å². The standard InChI is InChI=1S/C17H23N3O3/c1-13(2)14-3-5-16(6-4-14)20-17(22)15(11-18)12-19-7-9-23-10-8-21/h3-6,12-13,19,21H,7-10H2,1-2H3,(H,20,22)/b15-12-. The van der Waals surface area contributed by atoms with E-state index in [1.807, 2.05) is 30.3 Å². The summed E-state index contributed by atoms with van der Waals surface area (Å²) in [7, 11) is 0. The van der Waals surface area contributed by atoms with Crippen LogP contribution in [0.1, 0.15) is 25.3 Å². The zero-order chi connectivity index (χ0) is 17.1. The molecule has 0 aliphatic carbocycles. The van der Waals surface area contributed by atoms with Gasteiger partial charge in [-0.3, -0.25) is 4.79 Å². The number of nitrogens with zero attached hydrogens (tertiary/aromatic N) is 1. The van der Waals surface area contributed by atoms with Gasteiger partial charge in [-0.2, -0.15) is 5.26 Å². The minimum Gasteiger partial charge on any atom is -0.394 e. The highest BCUT2D eigenvalue weighted by Crippen LogP contribution is 2.17. The molecule has 1 aromatic carbocycles. The van der Waals surface area contributed by atoms with Gasteiger partial charge >= 0.3 is 0 Å². The second-order valence-corrected chi connectivity index (χ2v) is 5.19. The van der Waals surface area contributed by atoms with Crippen LogP contribution < -0.4 is 10.6 Å². The van der Waals surface area contributed by atoms with Crippen molar-refractivity contribution in [3.05, 3.63) is 41.6 Å². The van der Waals surface area contributed by atoms with Gasteiger partial charge in [-0.1, -0.05) is 26.0 Å². The molecule has 6 nitrogen and oxygen atoms in total. The van der Waals surface area contributed by atoms with E-state index in [9.17, 15) is 4.79 Å². The van der Waals surface area contributed by atoms with Gasteiger partial charge in [0.15, 0.2) is 0 Å². The number of aliphatic hydroxyl groups excluding tert-OH is 1. The molecule has 0 radical (unpaired) electrons. The first-order valence-corrected chi connectivity index (χ1v) is 7.52. The highest BCUT2D eigenvalue weighted by molar-refractivity contribution is 6.06. The third-order valence-electron chi connectivity index (χ3n) is 3.07. The Morgan fingerprint density at radius 2 is 2.04 bits per heavy atom. The minimum atomic E-state index is -0.464. The van der Waals surface area contributed by atoms with Crippen molar-refractivity contribution in [2.75, 3.05) is 31.7 Å². The van der Waals surface area contributed by atoms with E-state index in [1.54, 1.807) is 0 Å². The molecule has 0 spiro atoms. The van der Waals surface area contributed by atoms with Crippen molar-refractivity contribution in [2.24, 2.45) is 0 Å². The molecule has 0 aliphatic heterocycles. The van der Waals surface area contributed by atoms with Crippen molar-refractivity contribution in [2.45, 2.75) is 19.8 Å². The lowest BCUT2D eigenvalue weighted by molar-refractivity contribution is -0.112. The monoisotopic (exact) mass is 317 g/mol. The van der Waals surface area contributed by atoms with E-state index < -0.39 is 5.91 Å². The number of nitrogens with one attached hydrogen (secondary N) is 2. The van der Waals surface area contributed by atoms with Crippen molar-refractivity contribution in [1.82, 2.24) is 5.32 Å². The molecule has 1 amide bonds. The molecule has 0 aromatic heterocycles. The van der Waals surface area contributed by atoms with Crippen molar-refractivity contribution in [1.29, 1.82) is 5.26 Å². The zero-order valence-corrected chi connectivity index (χ0v) is 13.5. The summed E-state index contributed by atoms with van der Waals surface area (Å²) < 4.78 is 5.06. The van der Waals surface area contributed by atoms with Crippen LogP contribution in [0.2, 0.25) is 0 Å². The molecule has 1 aromatic rings. The van der Waals surface area contributed by atoms with Crippen LogP contribution in [0.3, 0.4) is 0 Å². The van der Waals surface area contributed by atoms with E-state index in [-0.39, 0.29) is 18.8 Å². The van der Waals surface area contributed by atoms with Gasteiger partial charge in [0.1, 0.15) is 11.6 Å². The average molecular weight is 317 g/mol. The number of benzene rings is 1. The molecule has 0 saturated carbocycles. The summed E-state index contributed by atoms with van der Waals surface area (Å²) in [5.74, 6) is -0.0415. The van der Waals surface area contributed by atoms with Crippen LogP contribution in [0.25, 0.3) is 0 Å². The molecule has 0 aliphatic rings. The van der Waals surface area contributed by atoms with E-state index >= 15 is 0 Å². The van der Waals surface area contributed by atoms with E-state index in [4.69, 9.17) is 15.1 Å². The van der Waals surface area contributed by atoms with Crippen LogP contribution in [-0.2, 0) is 9.53 Å². The predicted molar refractivity (Wildman–Crippen MR) is 88.8 cm³/mol. The fraction of sp³-hybridized carbons (Fsp3) is 0.412. The van der Waals surface area contributed by atoms with Gasteiger partial charge in [0, 0.05) is 18.4 Å². The second-order valence-electron chi connectivity index (χ2n) is 5.19. The molecule has 0 saturated heterocycles. The molecule has 124 valence electrons. The maximum atomic E-state index is 12.0. The third-order valence-corrected chi connectivity index (χ3v) is 3.07. The zero-order valence-electron chi connectivity index (χ0n) is 13.5. The van der Waals surface area contributed by atoms with Crippen molar-refractivity contribution >= 4 is 11.6 Å². The normalized spacial score (nSPS) is 11.2. The number of carbonyl (C=O) groups excluding carboxylic acids is 1. The number of hydrogen-bond donors (Lipinski definition) is 3. The Hall–Kier alpha value is -2.36. The first-order chi connectivity index (χ1) is 11.1. The van der Waals surface area contributed by atoms with Crippen LogP contribution in [0.5, 0.6) is 0 Å². The first kappa shape index (κ1) is 18.7. The molecule has 0 atom stereocenters. The van der Waals surface area contributed by atoms with Gasteiger partial charge in [0.2, 0.25) is 0 Å². The van der Waals surface area contributed by atoms with Gasteiger partial charge in [0.05, 0.1) is 19.8 Å². The highest BCUT2D eigenvalue weighted by atomic mass is 16.5. The van der Waals surface area contributed by atoms with E-state index in [2.05, 4.69) is 24.5 Å². The molecular weight excluding hydrogens is 294 g/mol. The summed E-state index contributed by atoms with van der Waals surface area (Å²) in [4.78, 5) is 12.0. The summed E-state index contributed by atoms with van der Waals surface area (Å²) in [6.07, 6.45) is 1.36. The van der Waals surface area contributed by atoms with Gasteiger partial charge in [-0.25, -0.2) is 0 Å². The molecule has 6 heteroatoms. The molecule has 0 fully saturated rings. The molecular formula is C17H23N3O3. The Kier molecular flexibility index (Phi) is 8.43. The fourth-order valence-corrected chi connectivity index (χ4v) is 1.77. The first-order valence-electron chi connectivity index (χ1n) is 7.52. The summed E-state index contributed by atoms with van der Waals surface area (Å²) in [5, 5.41) is 23.1. The molecule has 0 bridgehead atoms. The van der Waals surface area contributed by atoms with Crippen LogP contribution >= 0.6 is 0 Å². The Balaban J connectivity index is 2.51. The van der Waals surface area contributed by atoms with Crippen molar-refractivity contribution in [3.63, 3.8) is 0 Å². The number of rotatable bonds is 9. The summed E-state index contributed by atoms with van der Waals surface area (Å²) in [6.45, 7) is 5.26. The Bertz CT molecular complexity index is 559. The predicted octanol–water partition coefficient (Wildman–Crippen LogP) is 1.75.